The van der Waals surface area contributed by atoms with Gasteiger partial charge < -0.3 is 10.4 Å². The number of hydrogen-bond donors (Lipinski definition) is 2. The van der Waals surface area contributed by atoms with Crippen LogP contribution in [0.15, 0.2) is 42.5 Å². The van der Waals surface area contributed by atoms with E-state index < -0.39 is 0 Å². The normalized spacial score (nSPS) is 10.8. The number of aromatic nitrogens is 1. The highest BCUT2D eigenvalue weighted by Gasteiger charge is 2.12. The average molecular weight is 341 g/mol. The third kappa shape index (κ3) is 3.05. The maximum absolute atomic E-state index is 11.8. The lowest BCUT2D eigenvalue weighted by molar-refractivity contribution is -0.119. The van der Waals surface area contributed by atoms with Crippen molar-refractivity contribution in [1.82, 2.24) is 10.3 Å². The Morgan fingerprint density at radius 1 is 1.25 bits per heavy atom. The number of aryl methyl sites for hydroxylation is 1. The molecular weight excluding hydrogens is 324 g/mol. The number of aromatic hydroxyl groups is 1. The molecule has 0 fully saturated rings. The number of likely N-dealkylation sites (N-methyl/N-ethyl adjacent to an activating group) is 1. The summed E-state index contributed by atoms with van der Waals surface area (Å²) in [5.41, 5.74) is 4.17. The molecule has 5 heteroatoms. The highest BCUT2D eigenvalue weighted by atomic mass is 35.5. The summed E-state index contributed by atoms with van der Waals surface area (Å²) >= 11 is 6.25. The van der Waals surface area contributed by atoms with Crippen molar-refractivity contribution < 1.29 is 9.90 Å². The summed E-state index contributed by atoms with van der Waals surface area (Å²) in [7, 11) is 1.62. The fraction of sp³-hybridized carbons (Fsp3) is 0.158. The van der Waals surface area contributed by atoms with Gasteiger partial charge in [-0.3, -0.25) is 4.79 Å². The maximum Gasteiger partial charge on any atom is 0.224 e. The monoisotopic (exact) mass is 340 g/mol. The van der Waals surface area contributed by atoms with E-state index in [1.54, 1.807) is 19.2 Å². The third-order valence-corrected chi connectivity index (χ3v) is 4.30. The summed E-state index contributed by atoms with van der Waals surface area (Å²) < 4.78 is 0. The van der Waals surface area contributed by atoms with E-state index in [-0.39, 0.29) is 18.1 Å². The van der Waals surface area contributed by atoms with E-state index in [0.717, 1.165) is 27.6 Å². The van der Waals surface area contributed by atoms with E-state index in [1.165, 1.54) is 6.07 Å². The summed E-state index contributed by atoms with van der Waals surface area (Å²) in [5, 5.41) is 13.6. The van der Waals surface area contributed by atoms with E-state index in [1.807, 2.05) is 31.2 Å². The van der Waals surface area contributed by atoms with E-state index in [9.17, 15) is 9.90 Å². The number of phenols is 1. The van der Waals surface area contributed by atoms with Crippen LogP contribution < -0.4 is 5.32 Å². The first kappa shape index (κ1) is 16.3. The van der Waals surface area contributed by atoms with Crippen molar-refractivity contribution in [1.29, 1.82) is 0 Å². The summed E-state index contributed by atoms with van der Waals surface area (Å²) in [6, 6.07) is 12.6. The van der Waals surface area contributed by atoms with E-state index in [0.29, 0.717) is 10.7 Å². The van der Waals surface area contributed by atoms with Crippen LogP contribution in [0.4, 0.5) is 0 Å². The zero-order valence-corrected chi connectivity index (χ0v) is 14.2. The Kier molecular flexibility index (Phi) is 4.40. The molecule has 0 bridgehead atoms. The molecule has 0 atom stereocenters. The van der Waals surface area contributed by atoms with Gasteiger partial charge in [0.2, 0.25) is 5.91 Å². The van der Waals surface area contributed by atoms with E-state index >= 15 is 0 Å². The topological polar surface area (TPSA) is 62.2 Å². The number of amides is 1. The van der Waals surface area contributed by atoms with Gasteiger partial charge in [0.15, 0.2) is 0 Å². The highest BCUT2D eigenvalue weighted by molar-refractivity contribution is 6.33. The minimum absolute atomic E-state index is 0.0602. The summed E-state index contributed by atoms with van der Waals surface area (Å²) in [4.78, 5) is 16.5. The van der Waals surface area contributed by atoms with Crippen LogP contribution in [0.5, 0.6) is 5.75 Å². The molecule has 3 aromatic rings. The molecule has 1 amide bonds. The number of carbonyl (C=O) groups is 1. The molecule has 2 aromatic carbocycles. The van der Waals surface area contributed by atoms with Crippen molar-refractivity contribution in [2.75, 3.05) is 7.05 Å². The summed E-state index contributed by atoms with van der Waals surface area (Å²) in [5.74, 6) is 0.0524. The van der Waals surface area contributed by atoms with Crippen molar-refractivity contribution in [3.63, 3.8) is 0 Å². The van der Waals surface area contributed by atoms with Gasteiger partial charge in [-0.15, -0.1) is 0 Å². The quantitative estimate of drug-likeness (QED) is 0.761. The smallest absolute Gasteiger partial charge is 0.224 e. The lowest BCUT2D eigenvalue weighted by Gasteiger charge is -2.11. The fourth-order valence-electron chi connectivity index (χ4n) is 2.73. The fourth-order valence-corrected chi connectivity index (χ4v) is 3.00. The Balaban J connectivity index is 2.21. The minimum Gasteiger partial charge on any atom is -0.508 e. The molecule has 0 saturated carbocycles. The lowest BCUT2D eigenvalue weighted by atomic mass is 10.0. The van der Waals surface area contributed by atoms with Gasteiger partial charge in [0.1, 0.15) is 5.75 Å². The number of halogens is 1. The summed E-state index contributed by atoms with van der Waals surface area (Å²) in [6.45, 7) is 2.01. The molecule has 0 aliphatic carbocycles. The van der Waals surface area contributed by atoms with Crippen LogP contribution in [0.1, 0.15) is 11.1 Å². The molecule has 1 heterocycles. The molecule has 0 aliphatic heterocycles. The van der Waals surface area contributed by atoms with Gasteiger partial charge in [-0.05, 0) is 42.3 Å². The van der Waals surface area contributed by atoms with E-state index in [2.05, 4.69) is 5.32 Å². The van der Waals surface area contributed by atoms with Gasteiger partial charge in [0.25, 0.3) is 0 Å². The Hall–Kier alpha value is -2.59. The Morgan fingerprint density at radius 2 is 2.04 bits per heavy atom. The molecule has 3 rings (SSSR count). The van der Waals surface area contributed by atoms with Crippen LogP contribution in [-0.2, 0) is 11.2 Å². The van der Waals surface area contributed by atoms with Gasteiger partial charge in [-0.1, -0.05) is 29.8 Å². The van der Waals surface area contributed by atoms with Gasteiger partial charge in [-0.2, -0.15) is 0 Å². The number of rotatable bonds is 3. The lowest BCUT2D eigenvalue weighted by Crippen LogP contribution is -2.20. The molecule has 1 aromatic heterocycles. The number of benzene rings is 2. The molecule has 0 unspecified atom stereocenters. The van der Waals surface area contributed by atoms with Crippen LogP contribution in [-0.4, -0.2) is 23.0 Å². The number of pyridine rings is 1. The first-order valence-electron chi connectivity index (χ1n) is 7.58. The van der Waals surface area contributed by atoms with Crippen LogP contribution in [0.2, 0.25) is 5.02 Å². The van der Waals surface area contributed by atoms with Crippen LogP contribution in [0, 0.1) is 6.92 Å². The van der Waals surface area contributed by atoms with Crippen molar-refractivity contribution in [3.05, 3.63) is 58.6 Å². The predicted molar refractivity (Wildman–Crippen MR) is 96.4 cm³/mol. The molecule has 0 aliphatic rings. The van der Waals surface area contributed by atoms with Crippen molar-refractivity contribution >= 4 is 28.4 Å². The standard InChI is InChI=1S/C19H17ClN2O2/c1-11-8-17(15-7-6-13(23)10-16(15)20)22-19-12(9-18(24)21-2)4-3-5-14(11)19/h3-8,10,23H,9H2,1-2H3,(H,21,24). The average Bonchev–Trinajstić information content (AvgIpc) is 2.55. The first-order chi connectivity index (χ1) is 11.5. The Morgan fingerprint density at radius 3 is 2.75 bits per heavy atom. The number of nitrogens with zero attached hydrogens (tertiary/aromatic N) is 1. The zero-order valence-electron chi connectivity index (χ0n) is 13.4. The molecule has 4 nitrogen and oxygen atoms in total. The molecule has 0 saturated heterocycles. The predicted octanol–water partition coefficient (Wildman–Crippen LogP) is 3.86. The number of nitrogens with one attached hydrogen (secondary N) is 1. The molecule has 122 valence electrons. The maximum atomic E-state index is 11.8. The Bertz CT molecular complexity index is 938. The first-order valence-corrected chi connectivity index (χ1v) is 7.96. The van der Waals surface area contributed by atoms with Crippen LogP contribution in [0.25, 0.3) is 22.2 Å². The summed E-state index contributed by atoms with van der Waals surface area (Å²) in [6.07, 6.45) is 0.271. The molecular formula is C19H17ClN2O2. The number of para-hydroxylation sites is 1. The largest absolute Gasteiger partial charge is 0.508 e. The zero-order chi connectivity index (χ0) is 17.3. The van der Waals surface area contributed by atoms with Crippen LogP contribution in [0.3, 0.4) is 0 Å². The third-order valence-electron chi connectivity index (χ3n) is 3.99. The molecule has 0 spiro atoms. The van der Waals surface area contributed by atoms with Crippen molar-refractivity contribution in [2.45, 2.75) is 13.3 Å². The van der Waals surface area contributed by atoms with Crippen molar-refractivity contribution in [2.24, 2.45) is 0 Å². The van der Waals surface area contributed by atoms with E-state index in [4.69, 9.17) is 16.6 Å². The Labute approximate surface area is 145 Å². The second-order valence-electron chi connectivity index (χ2n) is 5.65. The van der Waals surface area contributed by atoms with Gasteiger partial charge in [0.05, 0.1) is 22.7 Å². The molecule has 2 N–H and O–H groups in total. The second kappa shape index (κ2) is 6.49. The minimum atomic E-state index is -0.0602. The number of fused-ring (bicyclic) bond motifs is 1. The van der Waals surface area contributed by atoms with Gasteiger partial charge >= 0.3 is 0 Å². The number of phenolic OH excluding ortho intramolecular Hbond substituents is 1. The van der Waals surface area contributed by atoms with Crippen LogP contribution >= 0.6 is 11.6 Å². The number of hydrogen-bond acceptors (Lipinski definition) is 3. The van der Waals surface area contributed by atoms with Gasteiger partial charge in [0, 0.05) is 18.0 Å². The SMILES string of the molecule is CNC(=O)Cc1cccc2c(C)cc(-c3ccc(O)cc3Cl)nc12. The number of carbonyl (C=O) groups excluding carboxylic acids is 1. The second-order valence-corrected chi connectivity index (χ2v) is 6.06. The van der Waals surface area contributed by atoms with Gasteiger partial charge in [-0.25, -0.2) is 4.98 Å². The van der Waals surface area contributed by atoms with Crippen molar-refractivity contribution in [3.8, 4) is 17.0 Å². The highest BCUT2D eigenvalue weighted by Crippen LogP contribution is 2.32. The molecule has 0 radical (unpaired) electrons. The molecule has 24 heavy (non-hydrogen) atoms.